The zero-order valence-corrected chi connectivity index (χ0v) is 12.5. The van der Waals surface area contributed by atoms with Gasteiger partial charge < -0.3 is 10.4 Å². The number of hydrogen-bond donors (Lipinski definition) is 2. The number of aryl methyl sites for hydroxylation is 2. The number of aliphatic hydroxyl groups excluding tert-OH is 1. The molecule has 0 saturated carbocycles. The maximum absolute atomic E-state index is 14.3. The lowest BCUT2D eigenvalue weighted by atomic mass is 9.96. The molecular formula is C16H16FNO2S. The standard InChI is InChI=1S/C16H16FNO2S/c1-2-9-5-6-21-16(9)15(20)11-7-10-3-4-14(19)18-13(10)8-12(11)17/h5-8,15,20H,2-4H2,1H3,(H,18,19). The fraction of sp³-hybridized carbons (Fsp3) is 0.312. The van der Waals surface area contributed by atoms with Crippen LogP contribution in [0.5, 0.6) is 0 Å². The van der Waals surface area contributed by atoms with Gasteiger partial charge in [-0.05, 0) is 47.5 Å². The van der Waals surface area contributed by atoms with E-state index in [1.807, 2.05) is 18.4 Å². The molecule has 0 saturated heterocycles. The summed E-state index contributed by atoms with van der Waals surface area (Å²) < 4.78 is 14.3. The molecule has 3 rings (SSSR count). The number of carbonyl (C=O) groups is 1. The van der Waals surface area contributed by atoms with Crippen LogP contribution in [0.4, 0.5) is 10.1 Å². The van der Waals surface area contributed by atoms with Gasteiger partial charge in [-0.25, -0.2) is 4.39 Å². The van der Waals surface area contributed by atoms with E-state index in [-0.39, 0.29) is 11.5 Å². The number of thiophene rings is 1. The number of benzene rings is 1. The van der Waals surface area contributed by atoms with E-state index in [1.165, 1.54) is 17.4 Å². The van der Waals surface area contributed by atoms with Crippen LogP contribution in [-0.2, 0) is 17.6 Å². The van der Waals surface area contributed by atoms with E-state index in [4.69, 9.17) is 0 Å². The Labute approximate surface area is 126 Å². The number of nitrogens with one attached hydrogen (secondary N) is 1. The normalized spacial score (nSPS) is 15.5. The van der Waals surface area contributed by atoms with Crippen LogP contribution in [0.25, 0.3) is 0 Å². The molecule has 0 fully saturated rings. The molecule has 0 bridgehead atoms. The maximum atomic E-state index is 14.3. The molecule has 3 nitrogen and oxygen atoms in total. The van der Waals surface area contributed by atoms with Gasteiger partial charge in [0.15, 0.2) is 0 Å². The van der Waals surface area contributed by atoms with E-state index in [1.54, 1.807) is 6.07 Å². The lowest BCUT2D eigenvalue weighted by molar-refractivity contribution is -0.116. The summed E-state index contributed by atoms with van der Waals surface area (Å²) in [6.07, 6.45) is 0.820. The Hall–Kier alpha value is -1.72. The van der Waals surface area contributed by atoms with Gasteiger partial charge >= 0.3 is 0 Å². The van der Waals surface area contributed by atoms with E-state index in [2.05, 4.69) is 5.32 Å². The van der Waals surface area contributed by atoms with Gasteiger partial charge in [0.1, 0.15) is 11.9 Å². The van der Waals surface area contributed by atoms with Crippen LogP contribution in [0, 0.1) is 5.82 Å². The third kappa shape index (κ3) is 2.59. The zero-order chi connectivity index (χ0) is 15.0. The number of anilines is 1. The van der Waals surface area contributed by atoms with Gasteiger partial charge in [0.05, 0.1) is 0 Å². The summed E-state index contributed by atoms with van der Waals surface area (Å²) in [5, 5.41) is 15.1. The van der Waals surface area contributed by atoms with Crippen LogP contribution >= 0.6 is 11.3 Å². The van der Waals surface area contributed by atoms with Crippen LogP contribution in [0.2, 0.25) is 0 Å². The number of amides is 1. The lowest BCUT2D eigenvalue weighted by Gasteiger charge is -2.20. The van der Waals surface area contributed by atoms with Gasteiger partial charge in [-0.2, -0.15) is 0 Å². The number of hydrogen-bond acceptors (Lipinski definition) is 3. The number of rotatable bonds is 3. The third-order valence-corrected chi connectivity index (χ3v) is 4.83. The summed E-state index contributed by atoms with van der Waals surface area (Å²) in [7, 11) is 0. The van der Waals surface area contributed by atoms with Crippen LogP contribution in [0.1, 0.15) is 41.0 Å². The zero-order valence-electron chi connectivity index (χ0n) is 11.6. The Morgan fingerprint density at radius 3 is 3.00 bits per heavy atom. The first-order valence-electron chi connectivity index (χ1n) is 6.96. The van der Waals surface area contributed by atoms with Crippen molar-refractivity contribution in [3.05, 3.63) is 51.0 Å². The molecule has 21 heavy (non-hydrogen) atoms. The molecule has 0 spiro atoms. The fourth-order valence-corrected chi connectivity index (χ4v) is 3.65. The van der Waals surface area contributed by atoms with Crippen molar-refractivity contribution < 1.29 is 14.3 Å². The molecule has 1 aliphatic rings. The van der Waals surface area contributed by atoms with Crippen molar-refractivity contribution in [1.82, 2.24) is 0 Å². The highest BCUT2D eigenvalue weighted by Gasteiger charge is 2.23. The van der Waals surface area contributed by atoms with Gasteiger partial charge in [-0.15, -0.1) is 11.3 Å². The smallest absolute Gasteiger partial charge is 0.224 e. The van der Waals surface area contributed by atoms with E-state index in [0.29, 0.717) is 18.5 Å². The van der Waals surface area contributed by atoms with E-state index in [9.17, 15) is 14.3 Å². The van der Waals surface area contributed by atoms with E-state index >= 15 is 0 Å². The SMILES string of the molecule is CCc1ccsc1C(O)c1cc2c(cc1F)NC(=O)CC2. The largest absolute Gasteiger partial charge is 0.383 e. The first kappa shape index (κ1) is 14.2. The monoisotopic (exact) mass is 305 g/mol. The number of aliphatic hydroxyl groups is 1. The molecule has 0 radical (unpaired) electrons. The molecule has 5 heteroatoms. The van der Waals surface area contributed by atoms with E-state index in [0.717, 1.165) is 22.4 Å². The van der Waals surface area contributed by atoms with Crippen molar-refractivity contribution in [2.45, 2.75) is 32.3 Å². The molecule has 1 aromatic heterocycles. The van der Waals surface area contributed by atoms with Crippen molar-refractivity contribution in [2.24, 2.45) is 0 Å². The van der Waals surface area contributed by atoms with Crippen LogP contribution < -0.4 is 5.32 Å². The minimum absolute atomic E-state index is 0.0956. The summed E-state index contributed by atoms with van der Waals surface area (Å²) >= 11 is 1.44. The predicted octanol–water partition coefficient (Wildman–Crippen LogP) is 3.42. The minimum atomic E-state index is -0.956. The average Bonchev–Trinajstić information content (AvgIpc) is 2.94. The average molecular weight is 305 g/mol. The van der Waals surface area contributed by atoms with Crippen LogP contribution in [0.3, 0.4) is 0 Å². The Morgan fingerprint density at radius 2 is 2.24 bits per heavy atom. The Morgan fingerprint density at radius 1 is 1.43 bits per heavy atom. The predicted molar refractivity (Wildman–Crippen MR) is 81.1 cm³/mol. The Balaban J connectivity index is 2.01. The summed E-state index contributed by atoms with van der Waals surface area (Å²) in [5.41, 5.74) is 2.71. The molecule has 2 aromatic rings. The number of fused-ring (bicyclic) bond motifs is 1. The number of halogens is 1. The minimum Gasteiger partial charge on any atom is -0.383 e. The highest BCUT2D eigenvalue weighted by molar-refractivity contribution is 7.10. The summed E-state index contributed by atoms with van der Waals surface area (Å²) in [4.78, 5) is 12.1. The van der Waals surface area contributed by atoms with Gasteiger partial charge in [-0.1, -0.05) is 6.92 Å². The molecule has 1 aromatic carbocycles. The second kappa shape index (κ2) is 5.58. The Bertz CT molecular complexity index is 696. The second-order valence-electron chi connectivity index (χ2n) is 5.15. The highest BCUT2D eigenvalue weighted by atomic mass is 32.1. The van der Waals surface area contributed by atoms with Crippen molar-refractivity contribution in [1.29, 1.82) is 0 Å². The van der Waals surface area contributed by atoms with Crippen LogP contribution in [-0.4, -0.2) is 11.0 Å². The molecule has 1 atom stereocenters. The topological polar surface area (TPSA) is 49.3 Å². The Kier molecular flexibility index (Phi) is 3.78. The van der Waals surface area contributed by atoms with Crippen molar-refractivity contribution in [3.8, 4) is 0 Å². The van der Waals surface area contributed by atoms with E-state index < -0.39 is 11.9 Å². The van der Waals surface area contributed by atoms with Crippen molar-refractivity contribution >= 4 is 22.9 Å². The molecular weight excluding hydrogens is 289 g/mol. The molecule has 2 heterocycles. The first-order valence-corrected chi connectivity index (χ1v) is 7.84. The van der Waals surface area contributed by atoms with Gasteiger partial charge in [0, 0.05) is 22.5 Å². The fourth-order valence-electron chi connectivity index (χ4n) is 2.65. The summed E-state index contributed by atoms with van der Waals surface area (Å²) in [5.74, 6) is -0.583. The summed E-state index contributed by atoms with van der Waals surface area (Å²) in [6.45, 7) is 2.01. The lowest BCUT2D eigenvalue weighted by Crippen LogP contribution is -2.20. The molecule has 2 N–H and O–H groups in total. The molecule has 110 valence electrons. The summed E-state index contributed by atoms with van der Waals surface area (Å²) in [6, 6.07) is 4.94. The molecule has 0 aliphatic carbocycles. The number of carbonyl (C=O) groups excluding carboxylic acids is 1. The van der Waals surface area contributed by atoms with Gasteiger partial charge in [0.25, 0.3) is 0 Å². The van der Waals surface area contributed by atoms with Crippen molar-refractivity contribution in [3.63, 3.8) is 0 Å². The van der Waals surface area contributed by atoms with Gasteiger partial charge in [0.2, 0.25) is 5.91 Å². The quantitative estimate of drug-likeness (QED) is 0.913. The first-order chi connectivity index (χ1) is 10.1. The molecule has 1 unspecified atom stereocenters. The molecule has 1 amide bonds. The van der Waals surface area contributed by atoms with Crippen LogP contribution in [0.15, 0.2) is 23.6 Å². The maximum Gasteiger partial charge on any atom is 0.224 e. The third-order valence-electron chi connectivity index (χ3n) is 3.82. The highest BCUT2D eigenvalue weighted by Crippen LogP contribution is 2.34. The molecule has 1 aliphatic heterocycles. The van der Waals surface area contributed by atoms with Crippen molar-refractivity contribution in [2.75, 3.05) is 5.32 Å². The van der Waals surface area contributed by atoms with Gasteiger partial charge in [-0.3, -0.25) is 4.79 Å². The second-order valence-corrected chi connectivity index (χ2v) is 6.09.